The summed E-state index contributed by atoms with van der Waals surface area (Å²) < 4.78 is 24.9. The van der Waals surface area contributed by atoms with Crippen molar-refractivity contribution in [2.45, 2.75) is 37.5 Å². The van der Waals surface area contributed by atoms with Gasteiger partial charge in [0, 0.05) is 12.1 Å². The SMILES string of the molecule is Cc1ccc(S(=O)(=O)NN=C2CCCC(=O)C2Cc2ccccc2)cc1. The maximum absolute atomic E-state index is 12.4. The zero-order valence-corrected chi connectivity index (χ0v) is 15.5. The Balaban J connectivity index is 1.80. The molecule has 6 heteroatoms. The van der Waals surface area contributed by atoms with Gasteiger partial charge in [-0.15, -0.1) is 0 Å². The first-order chi connectivity index (χ1) is 12.5. The van der Waals surface area contributed by atoms with Crippen molar-refractivity contribution in [3.05, 3.63) is 65.7 Å². The second-order valence-corrected chi connectivity index (χ2v) is 8.23. The minimum absolute atomic E-state index is 0.119. The Morgan fingerprint density at radius 2 is 1.73 bits per heavy atom. The third kappa shape index (κ3) is 4.38. The molecule has 0 saturated heterocycles. The van der Waals surface area contributed by atoms with Crippen LogP contribution in [-0.2, 0) is 21.2 Å². The van der Waals surface area contributed by atoms with Crippen LogP contribution in [0.2, 0.25) is 0 Å². The molecule has 136 valence electrons. The first-order valence-electron chi connectivity index (χ1n) is 8.67. The van der Waals surface area contributed by atoms with Crippen LogP contribution in [-0.4, -0.2) is 19.9 Å². The van der Waals surface area contributed by atoms with E-state index in [0.29, 0.717) is 31.4 Å². The van der Waals surface area contributed by atoms with Gasteiger partial charge in [0.05, 0.1) is 10.8 Å². The summed E-state index contributed by atoms with van der Waals surface area (Å²) in [5.74, 6) is -0.250. The zero-order chi connectivity index (χ0) is 18.6. The van der Waals surface area contributed by atoms with Crippen LogP contribution in [0.3, 0.4) is 0 Å². The zero-order valence-electron chi connectivity index (χ0n) is 14.7. The van der Waals surface area contributed by atoms with Crippen molar-refractivity contribution in [2.24, 2.45) is 11.0 Å². The number of ketones is 1. The van der Waals surface area contributed by atoms with Crippen LogP contribution in [0.4, 0.5) is 0 Å². The summed E-state index contributed by atoms with van der Waals surface area (Å²) in [6.45, 7) is 1.89. The number of aryl methyl sites for hydroxylation is 1. The number of nitrogens with zero attached hydrogens (tertiary/aromatic N) is 1. The summed E-state index contributed by atoms with van der Waals surface area (Å²) >= 11 is 0. The predicted octanol–water partition coefficient (Wildman–Crippen LogP) is 3.24. The second-order valence-electron chi connectivity index (χ2n) is 6.57. The van der Waals surface area contributed by atoms with Gasteiger partial charge in [-0.05, 0) is 43.9 Å². The molecule has 3 rings (SSSR count). The van der Waals surface area contributed by atoms with Crippen molar-refractivity contribution in [3.8, 4) is 0 Å². The Hall–Kier alpha value is -2.47. The van der Waals surface area contributed by atoms with Crippen LogP contribution in [0.5, 0.6) is 0 Å². The van der Waals surface area contributed by atoms with Gasteiger partial charge in [0.1, 0.15) is 5.78 Å². The molecule has 2 aromatic carbocycles. The molecule has 5 nitrogen and oxygen atoms in total. The predicted molar refractivity (Wildman–Crippen MR) is 101 cm³/mol. The molecule has 0 aromatic heterocycles. The van der Waals surface area contributed by atoms with Crippen LogP contribution in [0.1, 0.15) is 30.4 Å². The minimum Gasteiger partial charge on any atom is -0.299 e. The fourth-order valence-corrected chi connectivity index (χ4v) is 3.92. The topological polar surface area (TPSA) is 75.6 Å². The Morgan fingerprint density at radius 3 is 2.42 bits per heavy atom. The summed E-state index contributed by atoms with van der Waals surface area (Å²) in [6.07, 6.45) is 2.39. The third-order valence-corrected chi connectivity index (χ3v) is 5.79. The van der Waals surface area contributed by atoms with E-state index >= 15 is 0 Å². The summed E-state index contributed by atoms with van der Waals surface area (Å²) in [4.78, 5) is 14.9. The van der Waals surface area contributed by atoms with Crippen LogP contribution in [0.25, 0.3) is 0 Å². The van der Waals surface area contributed by atoms with Gasteiger partial charge in [-0.2, -0.15) is 13.5 Å². The molecule has 0 heterocycles. The van der Waals surface area contributed by atoms with Gasteiger partial charge >= 0.3 is 0 Å². The third-order valence-electron chi connectivity index (χ3n) is 4.57. The molecule has 0 bridgehead atoms. The lowest BCUT2D eigenvalue weighted by Gasteiger charge is -2.23. The highest BCUT2D eigenvalue weighted by Gasteiger charge is 2.29. The fourth-order valence-electron chi connectivity index (χ4n) is 3.08. The molecule has 1 unspecified atom stereocenters. The van der Waals surface area contributed by atoms with E-state index in [9.17, 15) is 13.2 Å². The molecular formula is C20H22N2O3S. The molecule has 1 fully saturated rings. The molecule has 1 atom stereocenters. The van der Waals surface area contributed by atoms with Crippen molar-refractivity contribution in [3.63, 3.8) is 0 Å². The molecule has 2 aromatic rings. The molecular weight excluding hydrogens is 348 g/mol. The highest BCUT2D eigenvalue weighted by Crippen LogP contribution is 2.23. The van der Waals surface area contributed by atoms with E-state index in [1.54, 1.807) is 24.3 Å². The number of hydrogen-bond acceptors (Lipinski definition) is 4. The maximum Gasteiger partial charge on any atom is 0.276 e. The average molecular weight is 370 g/mol. The average Bonchev–Trinajstić information content (AvgIpc) is 2.63. The molecule has 0 aliphatic heterocycles. The number of nitrogens with one attached hydrogen (secondary N) is 1. The number of carbonyl (C=O) groups excluding carboxylic acids is 1. The van der Waals surface area contributed by atoms with Gasteiger partial charge in [0.2, 0.25) is 0 Å². The van der Waals surface area contributed by atoms with Crippen LogP contribution < -0.4 is 4.83 Å². The molecule has 1 saturated carbocycles. The summed E-state index contributed by atoms with van der Waals surface area (Å²) in [7, 11) is -3.74. The maximum atomic E-state index is 12.4. The summed E-state index contributed by atoms with van der Waals surface area (Å²) in [5.41, 5.74) is 2.64. The van der Waals surface area contributed by atoms with Gasteiger partial charge in [-0.25, -0.2) is 4.83 Å². The van der Waals surface area contributed by atoms with Gasteiger partial charge in [0.15, 0.2) is 0 Å². The van der Waals surface area contributed by atoms with Gasteiger partial charge in [-0.3, -0.25) is 4.79 Å². The lowest BCUT2D eigenvalue weighted by molar-refractivity contribution is -0.121. The largest absolute Gasteiger partial charge is 0.299 e. The number of hydrazone groups is 1. The molecule has 1 aliphatic rings. The first-order valence-corrected chi connectivity index (χ1v) is 10.2. The fraction of sp³-hybridized carbons (Fsp3) is 0.300. The normalized spacial score (nSPS) is 19.5. The monoisotopic (exact) mass is 370 g/mol. The highest BCUT2D eigenvalue weighted by molar-refractivity contribution is 7.89. The number of Topliss-reactive ketones (excluding diaryl/α,β-unsaturated/α-hetero) is 1. The van der Waals surface area contributed by atoms with E-state index in [1.807, 2.05) is 37.3 Å². The van der Waals surface area contributed by atoms with Crippen molar-refractivity contribution >= 4 is 21.5 Å². The summed E-state index contributed by atoms with van der Waals surface area (Å²) in [5, 5.41) is 4.14. The summed E-state index contributed by atoms with van der Waals surface area (Å²) in [6, 6.07) is 16.3. The van der Waals surface area contributed by atoms with Crippen molar-refractivity contribution in [1.82, 2.24) is 4.83 Å². The molecule has 26 heavy (non-hydrogen) atoms. The highest BCUT2D eigenvalue weighted by atomic mass is 32.2. The Kier molecular flexibility index (Phi) is 5.52. The number of rotatable bonds is 5. The number of hydrogen-bond donors (Lipinski definition) is 1. The lowest BCUT2D eigenvalue weighted by Crippen LogP contribution is -2.33. The first kappa shape index (κ1) is 18.3. The van der Waals surface area contributed by atoms with Gasteiger partial charge < -0.3 is 0 Å². The number of carbonyl (C=O) groups is 1. The standard InChI is InChI=1S/C20H22N2O3S/c1-15-10-12-17(13-11-15)26(24,25)22-21-19-8-5-9-20(23)18(19)14-16-6-3-2-4-7-16/h2-4,6-7,10-13,18,22H,5,8-9,14H2,1H3. The van der Waals surface area contributed by atoms with E-state index in [4.69, 9.17) is 0 Å². The Labute approximate surface area is 154 Å². The second kappa shape index (κ2) is 7.83. The van der Waals surface area contributed by atoms with E-state index in [2.05, 4.69) is 9.93 Å². The quantitative estimate of drug-likeness (QED) is 0.821. The number of benzene rings is 2. The van der Waals surface area contributed by atoms with Gasteiger partial charge in [-0.1, -0.05) is 48.0 Å². The smallest absolute Gasteiger partial charge is 0.276 e. The van der Waals surface area contributed by atoms with Crippen molar-refractivity contribution < 1.29 is 13.2 Å². The van der Waals surface area contributed by atoms with E-state index < -0.39 is 10.0 Å². The van der Waals surface area contributed by atoms with Crippen molar-refractivity contribution in [1.29, 1.82) is 0 Å². The van der Waals surface area contributed by atoms with E-state index in [-0.39, 0.29) is 16.6 Å². The molecule has 0 amide bonds. The van der Waals surface area contributed by atoms with E-state index in [1.165, 1.54) is 0 Å². The molecule has 0 spiro atoms. The van der Waals surface area contributed by atoms with Crippen LogP contribution in [0, 0.1) is 12.8 Å². The molecule has 0 radical (unpaired) electrons. The van der Waals surface area contributed by atoms with E-state index in [0.717, 1.165) is 11.1 Å². The minimum atomic E-state index is -3.74. The Bertz CT molecular complexity index is 904. The number of sulfonamides is 1. The van der Waals surface area contributed by atoms with Crippen molar-refractivity contribution in [2.75, 3.05) is 0 Å². The van der Waals surface area contributed by atoms with Gasteiger partial charge in [0.25, 0.3) is 10.0 Å². The lowest BCUT2D eigenvalue weighted by atomic mass is 9.82. The molecule has 1 N–H and O–H groups in total. The molecule has 1 aliphatic carbocycles. The van der Waals surface area contributed by atoms with Crippen LogP contribution in [0.15, 0.2) is 64.6 Å². The Morgan fingerprint density at radius 1 is 1.04 bits per heavy atom. The van der Waals surface area contributed by atoms with Crippen LogP contribution >= 0.6 is 0 Å².